The molecule has 0 fully saturated rings. The first-order chi connectivity index (χ1) is 8.61. The second-order valence-electron chi connectivity index (χ2n) is 3.93. The van der Waals surface area contributed by atoms with Crippen molar-refractivity contribution in [2.45, 2.75) is 19.8 Å². The summed E-state index contributed by atoms with van der Waals surface area (Å²) in [6.45, 7) is 2.08. The molecule has 0 amide bonds. The molecule has 0 bridgehead atoms. The lowest BCUT2D eigenvalue weighted by Crippen LogP contribution is -2.01. The number of hydrogen-bond acceptors (Lipinski definition) is 2. The van der Waals surface area contributed by atoms with Crippen molar-refractivity contribution in [3.63, 3.8) is 0 Å². The van der Waals surface area contributed by atoms with E-state index in [1.807, 2.05) is 24.3 Å². The molecule has 94 valence electrons. The number of carbonyl (C=O) groups is 1. The summed E-state index contributed by atoms with van der Waals surface area (Å²) in [6.07, 6.45) is 1.25. The van der Waals surface area contributed by atoms with Gasteiger partial charge < -0.3 is 0 Å². The predicted molar refractivity (Wildman–Crippen MR) is 78.2 cm³/mol. The topological polar surface area (TPSA) is 17.1 Å². The largest absolute Gasteiger partial charge is 0.293 e. The van der Waals surface area contributed by atoms with E-state index >= 15 is 0 Å². The molecule has 0 spiro atoms. The van der Waals surface area contributed by atoms with E-state index < -0.39 is 0 Å². The quantitative estimate of drug-likeness (QED) is 0.723. The Hall–Kier alpha value is -0.830. The average Bonchev–Trinajstić information content (AvgIpc) is 2.83. The number of carbonyl (C=O) groups excluding carboxylic acids is 1. The van der Waals surface area contributed by atoms with Gasteiger partial charge >= 0.3 is 0 Å². The molecule has 2 aromatic rings. The average molecular weight is 299 g/mol. The molecule has 0 radical (unpaired) electrons. The van der Waals surface area contributed by atoms with Crippen molar-refractivity contribution in [3.8, 4) is 0 Å². The monoisotopic (exact) mass is 298 g/mol. The highest BCUT2D eigenvalue weighted by atomic mass is 35.5. The zero-order valence-corrected chi connectivity index (χ0v) is 12.2. The maximum atomic E-state index is 12.1. The zero-order valence-electron chi connectivity index (χ0n) is 9.87. The number of aryl methyl sites for hydroxylation is 1. The van der Waals surface area contributed by atoms with Gasteiger partial charge in [-0.05, 0) is 30.2 Å². The number of halogens is 2. The normalized spacial score (nSPS) is 10.6. The van der Waals surface area contributed by atoms with Gasteiger partial charge in [0.15, 0.2) is 5.78 Å². The van der Waals surface area contributed by atoms with Crippen LogP contribution in [0.25, 0.3) is 0 Å². The van der Waals surface area contributed by atoms with Crippen LogP contribution in [0.5, 0.6) is 0 Å². The second-order valence-corrected chi connectivity index (χ2v) is 5.89. The van der Waals surface area contributed by atoms with Gasteiger partial charge in [-0.2, -0.15) is 0 Å². The third kappa shape index (κ3) is 2.94. The molecule has 1 aromatic heterocycles. The third-order valence-electron chi connectivity index (χ3n) is 2.67. The smallest absolute Gasteiger partial charge is 0.177 e. The van der Waals surface area contributed by atoms with Crippen LogP contribution in [-0.2, 0) is 12.8 Å². The van der Waals surface area contributed by atoms with E-state index in [0.29, 0.717) is 16.5 Å². The van der Waals surface area contributed by atoms with Gasteiger partial charge in [-0.1, -0.05) is 42.3 Å². The first-order valence-corrected chi connectivity index (χ1v) is 7.24. The molecule has 2 rings (SSSR count). The van der Waals surface area contributed by atoms with E-state index in [1.165, 1.54) is 4.88 Å². The molecule has 18 heavy (non-hydrogen) atoms. The molecule has 0 atom stereocenters. The molecule has 0 aliphatic heterocycles. The molecule has 0 unspecified atom stereocenters. The van der Waals surface area contributed by atoms with Crippen molar-refractivity contribution in [2.24, 2.45) is 0 Å². The molecule has 1 aromatic carbocycles. The fourth-order valence-electron chi connectivity index (χ4n) is 1.66. The first kappa shape index (κ1) is 13.6. The Labute approximate surface area is 120 Å². The van der Waals surface area contributed by atoms with E-state index in [1.54, 1.807) is 17.4 Å². The van der Waals surface area contributed by atoms with Crippen molar-refractivity contribution in [3.05, 3.63) is 55.7 Å². The third-order valence-corrected chi connectivity index (χ3v) is 4.80. The number of ketones is 1. The lowest BCUT2D eigenvalue weighted by atomic mass is 10.1. The van der Waals surface area contributed by atoms with E-state index in [4.69, 9.17) is 23.2 Å². The summed E-state index contributed by atoms with van der Waals surface area (Å²) in [7, 11) is 0. The summed E-state index contributed by atoms with van der Waals surface area (Å²) in [6, 6.07) is 9.24. The van der Waals surface area contributed by atoms with Gasteiger partial charge in [-0.3, -0.25) is 4.79 Å². The van der Waals surface area contributed by atoms with Crippen LogP contribution in [-0.4, -0.2) is 5.78 Å². The van der Waals surface area contributed by atoms with E-state index in [9.17, 15) is 4.79 Å². The van der Waals surface area contributed by atoms with Crippen molar-refractivity contribution >= 4 is 40.3 Å². The van der Waals surface area contributed by atoms with Crippen LogP contribution in [0.15, 0.2) is 30.3 Å². The van der Waals surface area contributed by atoms with Crippen LogP contribution in [0.4, 0.5) is 0 Å². The van der Waals surface area contributed by atoms with E-state index in [-0.39, 0.29) is 5.78 Å². The maximum absolute atomic E-state index is 12.1. The number of rotatable bonds is 4. The Morgan fingerprint density at radius 1 is 1.22 bits per heavy atom. The Kier molecular flexibility index (Phi) is 4.44. The van der Waals surface area contributed by atoms with Crippen LogP contribution in [0, 0.1) is 0 Å². The predicted octanol–water partition coefficient (Wildman–Crippen LogP) is 5.04. The van der Waals surface area contributed by atoms with Gasteiger partial charge in [0.2, 0.25) is 0 Å². The zero-order chi connectivity index (χ0) is 13.1. The van der Waals surface area contributed by atoms with Gasteiger partial charge in [0, 0.05) is 11.3 Å². The SMILES string of the molecule is CCc1ccc(C(=O)Cc2cccc(Cl)c2Cl)s1. The number of benzene rings is 1. The van der Waals surface area contributed by atoms with E-state index in [0.717, 1.165) is 16.9 Å². The van der Waals surface area contributed by atoms with Crippen LogP contribution in [0.3, 0.4) is 0 Å². The molecule has 0 aliphatic rings. The molecular weight excluding hydrogens is 287 g/mol. The van der Waals surface area contributed by atoms with Crippen molar-refractivity contribution in [2.75, 3.05) is 0 Å². The Morgan fingerprint density at radius 3 is 2.67 bits per heavy atom. The highest BCUT2D eigenvalue weighted by Crippen LogP contribution is 2.27. The summed E-state index contributed by atoms with van der Waals surface area (Å²) < 4.78 is 0. The highest BCUT2D eigenvalue weighted by molar-refractivity contribution is 7.14. The van der Waals surface area contributed by atoms with E-state index in [2.05, 4.69) is 6.92 Å². The minimum atomic E-state index is 0.0869. The number of thiophene rings is 1. The molecular formula is C14H12Cl2OS. The van der Waals surface area contributed by atoms with Crippen molar-refractivity contribution in [1.29, 1.82) is 0 Å². The summed E-state index contributed by atoms with van der Waals surface area (Å²) in [5, 5.41) is 0.960. The van der Waals surface area contributed by atoms with Gasteiger partial charge in [0.1, 0.15) is 0 Å². The fourth-order valence-corrected chi connectivity index (χ4v) is 2.93. The number of Topliss-reactive ketones (excluding diaryl/α,β-unsaturated/α-hetero) is 1. The number of hydrogen-bond donors (Lipinski definition) is 0. The molecule has 1 nitrogen and oxygen atoms in total. The second kappa shape index (κ2) is 5.87. The Bertz CT molecular complexity index is 575. The maximum Gasteiger partial charge on any atom is 0.177 e. The summed E-state index contributed by atoms with van der Waals surface area (Å²) in [5.41, 5.74) is 0.778. The minimum Gasteiger partial charge on any atom is -0.293 e. The van der Waals surface area contributed by atoms with Gasteiger partial charge in [0.25, 0.3) is 0 Å². The molecule has 0 N–H and O–H groups in total. The first-order valence-electron chi connectivity index (χ1n) is 5.66. The highest BCUT2D eigenvalue weighted by Gasteiger charge is 2.13. The van der Waals surface area contributed by atoms with Crippen LogP contribution >= 0.6 is 34.5 Å². The summed E-state index contributed by atoms with van der Waals surface area (Å²) in [5.74, 6) is 0.0869. The van der Waals surface area contributed by atoms with Gasteiger partial charge in [0.05, 0.1) is 14.9 Å². The molecule has 1 heterocycles. The Balaban J connectivity index is 2.18. The van der Waals surface area contributed by atoms with Crippen LogP contribution in [0.2, 0.25) is 10.0 Å². The minimum absolute atomic E-state index is 0.0869. The van der Waals surface area contributed by atoms with Crippen molar-refractivity contribution < 1.29 is 4.79 Å². The molecule has 0 saturated heterocycles. The lowest BCUT2D eigenvalue weighted by molar-refractivity contribution is 0.0997. The van der Waals surface area contributed by atoms with Crippen LogP contribution in [0.1, 0.15) is 27.0 Å². The van der Waals surface area contributed by atoms with Gasteiger partial charge in [-0.15, -0.1) is 11.3 Å². The molecule has 0 saturated carbocycles. The summed E-state index contributed by atoms with van der Waals surface area (Å²) in [4.78, 5) is 14.1. The van der Waals surface area contributed by atoms with Crippen LogP contribution < -0.4 is 0 Å². The standard InChI is InChI=1S/C14H12Cl2OS/c1-2-10-6-7-13(18-10)12(17)8-9-4-3-5-11(15)14(9)16/h3-7H,2,8H2,1H3. The van der Waals surface area contributed by atoms with Gasteiger partial charge in [-0.25, -0.2) is 0 Å². The fraction of sp³-hybridized carbons (Fsp3) is 0.214. The van der Waals surface area contributed by atoms with Crippen molar-refractivity contribution in [1.82, 2.24) is 0 Å². The Morgan fingerprint density at radius 2 is 2.00 bits per heavy atom. The lowest BCUT2D eigenvalue weighted by Gasteiger charge is -2.03. The molecule has 4 heteroatoms. The summed E-state index contributed by atoms with van der Waals surface area (Å²) >= 11 is 13.6. The molecule has 0 aliphatic carbocycles.